The van der Waals surface area contributed by atoms with Crippen LogP contribution in [0.3, 0.4) is 0 Å². The number of nitrogens with zero attached hydrogens (tertiary/aromatic N) is 3. The van der Waals surface area contributed by atoms with Gasteiger partial charge in [0.05, 0.1) is 0 Å². The summed E-state index contributed by atoms with van der Waals surface area (Å²) in [6, 6.07) is 10.8. The standard InChI is InChI=1S/C20H23N3O4/c24-18(15-5-2-1-3-6-15)8-9-19(25)22-12-4-7-16(13-22)17-10-11-21-23(17)14-20(26)27/h1-3,5-6,10-11,16H,4,7-9,12-14H2,(H,26,27)/t16-/m0/s1. The van der Waals surface area contributed by atoms with Crippen molar-refractivity contribution >= 4 is 17.7 Å². The minimum Gasteiger partial charge on any atom is -0.480 e. The molecule has 1 N–H and O–H groups in total. The van der Waals surface area contributed by atoms with Gasteiger partial charge in [0.15, 0.2) is 5.78 Å². The molecule has 7 nitrogen and oxygen atoms in total. The van der Waals surface area contributed by atoms with Gasteiger partial charge in [0.25, 0.3) is 0 Å². The van der Waals surface area contributed by atoms with Gasteiger partial charge < -0.3 is 10.0 Å². The van der Waals surface area contributed by atoms with Crippen LogP contribution in [0.4, 0.5) is 0 Å². The first-order chi connectivity index (χ1) is 13.0. The molecule has 1 aliphatic heterocycles. The third-order valence-electron chi connectivity index (χ3n) is 4.89. The topological polar surface area (TPSA) is 92.5 Å². The van der Waals surface area contributed by atoms with Crippen molar-refractivity contribution in [3.8, 4) is 0 Å². The minimum atomic E-state index is -0.942. The average molecular weight is 369 g/mol. The molecule has 1 aromatic carbocycles. The predicted molar refractivity (Wildman–Crippen MR) is 98.4 cm³/mol. The zero-order valence-electron chi connectivity index (χ0n) is 15.1. The summed E-state index contributed by atoms with van der Waals surface area (Å²) in [5.41, 5.74) is 1.47. The van der Waals surface area contributed by atoms with Crippen LogP contribution in [0, 0.1) is 0 Å². The summed E-state index contributed by atoms with van der Waals surface area (Å²) in [4.78, 5) is 37.5. The second-order valence-electron chi connectivity index (χ2n) is 6.78. The minimum absolute atomic E-state index is 0.0305. The highest BCUT2D eigenvalue weighted by Crippen LogP contribution is 2.27. The molecule has 0 aliphatic carbocycles. The Morgan fingerprint density at radius 2 is 1.89 bits per heavy atom. The van der Waals surface area contributed by atoms with Crippen molar-refractivity contribution in [3.05, 3.63) is 53.9 Å². The molecule has 1 fully saturated rings. The van der Waals surface area contributed by atoms with Gasteiger partial charge in [-0.25, -0.2) is 0 Å². The number of aliphatic carboxylic acids is 1. The molecule has 1 aliphatic rings. The largest absolute Gasteiger partial charge is 0.480 e. The fourth-order valence-electron chi connectivity index (χ4n) is 3.54. The van der Waals surface area contributed by atoms with Crippen LogP contribution in [0.15, 0.2) is 42.6 Å². The second kappa shape index (κ2) is 8.62. The van der Waals surface area contributed by atoms with Crippen LogP contribution in [0.5, 0.6) is 0 Å². The van der Waals surface area contributed by atoms with Gasteiger partial charge in [-0.3, -0.25) is 19.1 Å². The van der Waals surface area contributed by atoms with E-state index in [-0.39, 0.29) is 37.0 Å². The van der Waals surface area contributed by atoms with Gasteiger partial charge in [-0.15, -0.1) is 0 Å². The Labute approximate surface area is 157 Å². The first-order valence-corrected chi connectivity index (χ1v) is 9.14. The van der Waals surface area contributed by atoms with Gasteiger partial charge in [0, 0.05) is 49.3 Å². The van der Waals surface area contributed by atoms with Crippen molar-refractivity contribution in [3.63, 3.8) is 0 Å². The maximum Gasteiger partial charge on any atom is 0.325 e. The number of aromatic nitrogens is 2. The lowest BCUT2D eigenvalue weighted by molar-refractivity contribution is -0.138. The maximum atomic E-state index is 12.6. The summed E-state index contributed by atoms with van der Waals surface area (Å²) in [5, 5.41) is 13.1. The number of Topliss-reactive ketones (excluding diaryl/α,β-unsaturated/α-hetero) is 1. The summed E-state index contributed by atoms with van der Waals surface area (Å²) in [7, 11) is 0. The molecule has 1 aromatic heterocycles. The van der Waals surface area contributed by atoms with E-state index in [1.54, 1.807) is 23.2 Å². The molecule has 27 heavy (non-hydrogen) atoms. The Kier molecular flexibility index (Phi) is 6.01. The van der Waals surface area contributed by atoms with E-state index in [0.29, 0.717) is 18.7 Å². The molecule has 2 aromatic rings. The number of carboxylic acids is 1. The molecular weight excluding hydrogens is 346 g/mol. The number of likely N-dealkylation sites (tertiary alicyclic amines) is 1. The van der Waals surface area contributed by atoms with E-state index in [9.17, 15) is 14.4 Å². The molecule has 142 valence electrons. The molecule has 1 amide bonds. The Balaban J connectivity index is 1.58. The smallest absolute Gasteiger partial charge is 0.325 e. The third kappa shape index (κ3) is 4.81. The fourth-order valence-corrected chi connectivity index (χ4v) is 3.54. The van der Waals surface area contributed by atoms with Crippen LogP contribution in [0.25, 0.3) is 0 Å². The van der Waals surface area contributed by atoms with Gasteiger partial charge in [-0.2, -0.15) is 5.10 Å². The normalized spacial score (nSPS) is 16.9. The fraction of sp³-hybridized carbons (Fsp3) is 0.400. The van der Waals surface area contributed by atoms with Gasteiger partial charge in [-0.1, -0.05) is 30.3 Å². The number of rotatable bonds is 7. The van der Waals surface area contributed by atoms with Crippen molar-refractivity contribution in [2.45, 2.75) is 38.1 Å². The SMILES string of the molecule is O=C(O)Cn1nccc1[C@H]1CCCN(C(=O)CCC(=O)c2ccccc2)C1. The van der Waals surface area contributed by atoms with E-state index in [1.165, 1.54) is 4.68 Å². The summed E-state index contributed by atoms with van der Waals surface area (Å²) in [5.74, 6) is -0.942. The first-order valence-electron chi connectivity index (χ1n) is 9.14. The molecule has 2 heterocycles. The summed E-state index contributed by atoms with van der Waals surface area (Å²) >= 11 is 0. The second-order valence-corrected chi connectivity index (χ2v) is 6.78. The Morgan fingerprint density at radius 3 is 2.63 bits per heavy atom. The van der Waals surface area contributed by atoms with Gasteiger partial charge in [0.2, 0.25) is 5.91 Å². The van der Waals surface area contributed by atoms with Crippen molar-refractivity contribution in [1.29, 1.82) is 0 Å². The van der Waals surface area contributed by atoms with E-state index < -0.39 is 5.97 Å². The highest BCUT2D eigenvalue weighted by Gasteiger charge is 2.27. The Morgan fingerprint density at radius 1 is 1.11 bits per heavy atom. The molecular formula is C20H23N3O4. The quantitative estimate of drug-likeness (QED) is 0.756. The Bertz CT molecular complexity index is 816. The lowest BCUT2D eigenvalue weighted by atomic mass is 9.94. The van der Waals surface area contributed by atoms with Crippen LogP contribution in [-0.2, 0) is 16.1 Å². The van der Waals surface area contributed by atoms with E-state index in [4.69, 9.17) is 5.11 Å². The highest BCUT2D eigenvalue weighted by atomic mass is 16.4. The third-order valence-corrected chi connectivity index (χ3v) is 4.89. The number of ketones is 1. The lowest BCUT2D eigenvalue weighted by Crippen LogP contribution is -2.39. The molecule has 0 radical (unpaired) electrons. The van der Waals surface area contributed by atoms with Crippen LogP contribution >= 0.6 is 0 Å². The monoisotopic (exact) mass is 369 g/mol. The van der Waals surface area contributed by atoms with Crippen LogP contribution in [0.1, 0.15) is 47.7 Å². The predicted octanol–water partition coefficient (Wildman–Crippen LogP) is 2.34. The zero-order valence-corrected chi connectivity index (χ0v) is 15.1. The number of carbonyl (C=O) groups is 3. The number of hydrogen-bond acceptors (Lipinski definition) is 4. The zero-order chi connectivity index (χ0) is 19.2. The summed E-state index contributed by atoms with van der Waals surface area (Å²) < 4.78 is 1.49. The highest BCUT2D eigenvalue weighted by molar-refractivity contribution is 5.97. The van der Waals surface area contributed by atoms with Gasteiger partial charge in [-0.05, 0) is 18.9 Å². The van der Waals surface area contributed by atoms with Crippen LogP contribution in [-0.4, -0.2) is 50.5 Å². The van der Waals surface area contributed by atoms with Crippen LogP contribution < -0.4 is 0 Å². The molecule has 7 heteroatoms. The Hall–Kier alpha value is -2.96. The van der Waals surface area contributed by atoms with Crippen molar-refractivity contribution in [2.75, 3.05) is 13.1 Å². The molecule has 0 saturated carbocycles. The molecule has 1 atom stereocenters. The number of carbonyl (C=O) groups excluding carboxylic acids is 2. The molecule has 1 saturated heterocycles. The molecule has 0 unspecified atom stereocenters. The number of benzene rings is 1. The van der Waals surface area contributed by atoms with Gasteiger partial charge in [0.1, 0.15) is 6.54 Å². The van der Waals surface area contributed by atoms with Gasteiger partial charge >= 0.3 is 5.97 Å². The van der Waals surface area contributed by atoms with Crippen LogP contribution in [0.2, 0.25) is 0 Å². The summed E-state index contributed by atoms with van der Waals surface area (Å²) in [6.07, 6.45) is 3.71. The van der Waals surface area contributed by atoms with Crippen molar-refractivity contribution in [1.82, 2.24) is 14.7 Å². The maximum absolute atomic E-state index is 12.6. The van der Waals surface area contributed by atoms with E-state index in [2.05, 4.69) is 5.10 Å². The first kappa shape index (κ1) is 18.8. The number of piperidine rings is 1. The number of amides is 1. The molecule has 0 spiro atoms. The summed E-state index contributed by atoms with van der Waals surface area (Å²) in [6.45, 7) is 1.02. The van der Waals surface area contributed by atoms with E-state index >= 15 is 0 Å². The number of hydrogen-bond donors (Lipinski definition) is 1. The van der Waals surface area contributed by atoms with Crippen molar-refractivity contribution < 1.29 is 19.5 Å². The lowest BCUT2D eigenvalue weighted by Gasteiger charge is -2.33. The molecule has 0 bridgehead atoms. The number of carboxylic acid groups (broad SMARTS) is 1. The van der Waals surface area contributed by atoms with E-state index in [1.807, 2.05) is 24.3 Å². The average Bonchev–Trinajstić information content (AvgIpc) is 3.14. The molecule has 3 rings (SSSR count). The van der Waals surface area contributed by atoms with E-state index in [0.717, 1.165) is 18.5 Å². The van der Waals surface area contributed by atoms with Crippen molar-refractivity contribution in [2.24, 2.45) is 0 Å².